The van der Waals surface area contributed by atoms with Crippen LogP contribution in [0, 0.1) is 0 Å². The monoisotopic (exact) mass is 325 g/mol. The summed E-state index contributed by atoms with van der Waals surface area (Å²) in [5.41, 5.74) is 6.40. The Labute approximate surface area is 134 Å². The number of rotatable bonds is 6. The largest absolute Gasteiger partial charge is 0.496 e. The zero-order valence-corrected chi connectivity index (χ0v) is 13.3. The number of nitrogen functional groups attached to an aromatic ring is 1. The highest BCUT2D eigenvalue weighted by Crippen LogP contribution is 2.28. The molecule has 120 valence electrons. The number of ether oxygens (including phenoxy) is 1. The molecule has 0 aliphatic carbocycles. The molecule has 1 aromatic rings. The maximum Gasteiger partial charge on any atom is 0.255 e. The zero-order valence-electron chi connectivity index (χ0n) is 12.5. The first-order chi connectivity index (χ1) is 10.5. The van der Waals surface area contributed by atoms with Crippen molar-refractivity contribution >= 4 is 29.1 Å². The molecule has 1 aliphatic heterocycles. The quantitative estimate of drug-likeness (QED) is 0.615. The molecule has 2 amide bonds. The molecule has 7 heteroatoms. The van der Waals surface area contributed by atoms with Crippen molar-refractivity contribution in [2.75, 3.05) is 32.5 Å². The number of likely N-dealkylation sites (tertiary alicyclic amines) is 1. The molecule has 3 N–H and O–H groups in total. The van der Waals surface area contributed by atoms with Gasteiger partial charge in [-0.2, -0.15) is 0 Å². The molecule has 0 aromatic heterocycles. The minimum atomic E-state index is -0.272. The summed E-state index contributed by atoms with van der Waals surface area (Å²) >= 11 is 5.95. The Balaban J connectivity index is 1.87. The van der Waals surface area contributed by atoms with Crippen molar-refractivity contribution in [2.45, 2.75) is 19.3 Å². The average Bonchev–Trinajstić information content (AvgIpc) is 2.91. The summed E-state index contributed by atoms with van der Waals surface area (Å²) in [6.45, 7) is 1.96. The first-order valence-corrected chi connectivity index (χ1v) is 7.59. The summed E-state index contributed by atoms with van der Waals surface area (Å²) in [6, 6.07) is 3.02. The molecule has 0 saturated carbocycles. The summed E-state index contributed by atoms with van der Waals surface area (Å²) in [5.74, 6) is 0.305. The molecule has 1 aromatic carbocycles. The minimum Gasteiger partial charge on any atom is -0.496 e. The third-order valence-electron chi connectivity index (χ3n) is 3.63. The number of halogens is 1. The van der Waals surface area contributed by atoms with E-state index in [2.05, 4.69) is 5.32 Å². The zero-order chi connectivity index (χ0) is 16.1. The number of nitrogens with zero attached hydrogens (tertiary/aromatic N) is 1. The molecular formula is C15H20ClN3O3. The summed E-state index contributed by atoms with van der Waals surface area (Å²) in [7, 11) is 1.47. The Morgan fingerprint density at radius 2 is 2.27 bits per heavy atom. The normalized spacial score (nSPS) is 14.3. The van der Waals surface area contributed by atoms with Crippen molar-refractivity contribution in [1.29, 1.82) is 0 Å². The average molecular weight is 326 g/mol. The molecule has 22 heavy (non-hydrogen) atoms. The van der Waals surface area contributed by atoms with Gasteiger partial charge in [0.15, 0.2) is 0 Å². The Hall–Kier alpha value is -1.95. The second-order valence-electron chi connectivity index (χ2n) is 5.17. The van der Waals surface area contributed by atoms with Crippen LogP contribution in [0.1, 0.15) is 29.6 Å². The Morgan fingerprint density at radius 3 is 2.91 bits per heavy atom. The predicted molar refractivity (Wildman–Crippen MR) is 85.2 cm³/mol. The van der Waals surface area contributed by atoms with Crippen LogP contribution in [0.2, 0.25) is 5.02 Å². The van der Waals surface area contributed by atoms with Crippen molar-refractivity contribution in [3.05, 3.63) is 22.7 Å². The van der Waals surface area contributed by atoms with Crippen molar-refractivity contribution in [3.63, 3.8) is 0 Å². The number of benzene rings is 1. The number of amides is 2. The van der Waals surface area contributed by atoms with E-state index in [-0.39, 0.29) is 11.8 Å². The van der Waals surface area contributed by atoms with Crippen LogP contribution in [0.5, 0.6) is 5.75 Å². The maximum atomic E-state index is 12.2. The van der Waals surface area contributed by atoms with Crippen molar-refractivity contribution in [2.24, 2.45) is 0 Å². The molecule has 1 heterocycles. The summed E-state index contributed by atoms with van der Waals surface area (Å²) < 4.78 is 5.15. The Morgan fingerprint density at radius 1 is 1.50 bits per heavy atom. The molecule has 1 saturated heterocycles. The van der Waals surface area contributed by atoms with Crippen LogP contribution in [0.3, 0.4) is 0 Å². The first-order valence-electron chi connectivity index (χ1n) is 7.22. The van der Waals surface area contributed by atoms with Gasteiger partial charge in [0.2, 0.25) is 5.91 Å². The van der Waals surface area contributed by atoms with Crippen LogP contribution in [0.4, 0.5) is 5.69 Å². The number of nitrogens with two attached hydrogens (primary N) is 1. The number of hydrogen-bond donors (Lipinski definition) is 2. The lowest BCUT2D eigenvalue weighted by molar-refractivity contribution is -0.127. The fourth-order valence-electron chi connectivity index (χ4n) is 2.42. The van der Waals surface area contributed by atoms with E-state index in [9.17, 15) is 9.59 Å². The van der Waals surface area contributed by atoms with Crippen molar-refractivity contribution in [1.82, 2.24) is 10.2 Å². The van der Waals surface area contributed by atoms with Gasteiger partial charge in [0.25, 0.3) is 5.91 Å². The topological polar surface area (TPSA) is 84.7 Å². The van der Waals surface area contributed by atoms with Crippen molar-refractivity contribution in [3.8, 4) is 5.75 Å². The van der Waals surface area contributed by atoms with Gasteiger partial charge in [0.05, 0.1) is 23.4 Å². The standard InChI is InChI=1S/C15H20ClN3O3/c1-22-13-9-12(17)11(16)8-10(13)15(21)18-5-3-7-19-6-2-4-14(19)20/h8-9H,2-7,17H2,1H3,(H,18,21). The van der Waals surface area contributed by atoms with Gasteiger partial charge < -0.3 is 20.7 Å². The van der Waals surface area contributed by atoms with Gasteiger partial charge >= 0.3 is 0 Å². The molecule has 0 atom stereocenters. The third-order valence-corrected chi connectivity index (χ3v) is 3.95. The lowest BCUT2D eigenvalue weighted by Crippen LogP contribution is -2.30. The van der Waals surface area contributed by atoms with E-state index >= 15 is 0 Å². The highest BCUT2D eigenvalue weighted by molar-refractivity contribution is 6.33. The van der Waals surface area contributed by atoms with Gasteiger partial charge in [0.1, 0.15) is 5.75 Å². The number of hydrogen-bond acceptors (Lipinski definition) is 4. The van der Waals surface area contributed by atoms with Gasteiger partial charge in [-0.25, -0.2) is 0 Å². The first kappa shape index (κ1) is 16.4. The van der Waals surface area contributed by atoms with E-state index in [1.54, 1.807) is 0 Å². The van der Waals surface area contributed by atoms with Gasteiger partial charge in [-0.3, -0.25) is 9.59 Å². The predicted octanol–water partition coefficient (Wildman–Crippen LogP) is 1.67. The van der Waals surface area contributed by atoms with Gasteiger partial charge in [-0.15, -0.1) is 0 Å². The van der Waals surface area contributed by atoms with Crippen LogP contribution < -0.4 is 15.8 Å². The highest BCUT2D eigenvalue weighted by atomic mass is 35.5. The third kappa shape index (κ3) is 3.82. The smallest absolute Gasteiger partial charge is 0.255 e. The summed E-state index contributed by atoms with van der Waals surface area (Å²) in [5, 5.41) is 3.12. The highest BCUT2D eigenvalue weighted by Gasteiger charge is 2.19. The molecule has 0 radical (unpaired) electrons. The molecule has 1 aliphatic rings. The summed E-state index contributed by atoms with van der Waals surface area (Å²) in [6.07, 6.45) is 2.27. The van der Waals surface area contributed by atoms with E-state index in [0.29, 0.717) is 48.0 Å². The molecule has 6 nitrogen and oxygen atoms in total. The Bertz CT molecular complexity index is 577. The fraction of sp³-hybridized carbons (Fsp3) is 0.467. The minimum absolute atomic E-state index is 0.193. The van der Waals surface area contributed by atoms with E-state index < -0.39 is 0 Å². The van der Waals surface area contributed by atoms with E-state index in [0.717, 1.165) is 13.0 Å². The van der Waals surface area contributed by atoms with Crippen LogP contribution in [-0.2, 0) is 4.79 Å². The van der Waals surface area contributed by atoms with E-state index in [1.807, 2.05) is 4.90 Å². The molecule has 0 bridgehead atoms. The summed E-state index contributed by atoms with van der Waals surface area (Å²) in [4.78, 5) is 25.5. The van der Waals surface area contributed by atoms with Crippen LogP contribution in [0.25, 0.3) is 0 Å². The number of anilines is 1. The Kier molecular flexibility index (Phi) is 5.49. The number of carbonyl (C=O) groups excluding carboxylic acids is 2. The van der Waals surface area contributed by atoms with Gasteiger partial charge in [-0.1, -0.05) is 11.6 Å². The van der Waals surface area contributed by atoms with Crippen LogP contribution in [0.15, 0.2) is 12.1 Å². The fourth-order valence-corrected chi connectivity index (χ4v) is 2.59. The van der Waals surface area contributed by atoms with Crippen molar-refractivity contribution < 1.29 is 14.3 Å². The molecule has 0 spiro atoms. The second kappa shape index (κ2) is 7.35. The number of carbonyl (C=O) groups is 2. The lowest BCUT2D eigenvalue weighted by atomic mass is 10.1. The SMILES string of the molecule is COc1cc(N)c(Cl)cc1C(=O)NCCCN1CCCC1=O. The number of nitrogens with one attached hydrogen (secondary N) is 1. The number of methoxy groups -OCH3 is 1. The molecule has 1 fully saturated rings. The molecular weight excluding hydrogens is 306 g/mol. The maximum absolute atomic E-state index is 12.2. The van der Waals surface area contributed by atoms with Crippen LogP contribution in [-0.4, -0.2) is 43.5 Å². The van der Waals surface area contributed by atoms with Gasteiger partial charge in [0, 0.05) is 32.1 Å². The lowest BCUT2D eigenvalue weighted by Gasteiger charge is -2.15. The van der Waals surface area contributed by atoms with Crippen LogP contribution >= 0.6 is 11.6 Å². The second-order valence-corrected chi connectivity index (χ2v) is 5.57. The van der Waals surface area contributed by atoms with Gasteiger partial charge in [-0.05, 0) is 18.9 Å². The van der Waals surface area contributed by atoms with E-state index in [1.165, 1.54) is 19.2 Å². The molecule has 0 unspecified atom stereocenters. The molecule has 2 rings (SSSR count). The van der Waals surface area contributed by atoms with E-state index in [4.69, 9.17) is 22.1 Å².